The molecule has 22 heavy (non-hydrogen) atoms. The van der Waals surface area contributed by atoms with Crippen molar-refractivity contribution in [2.24, 2.45) is 0 Å². The summed E-state index contributed by atoms with van der Waals surface area (Å²) in [5.41, 5.74) is 0.880. The number of aryl methyl sites for hydroxylation is 1. The van der Waals surface area contributed by atoms with Crippen molar-refractivity contribution in [3.8, 4) is 11.5 Å². The van der Waals surface area contributed by atoms with Crippen LogP contribution in [0.15, 0.2) is 53.4 Å². The molecule has 2 rings (SSSR count). The lowest BCUT2D eigenvalue weighted by molar-refractivity contribution is 0.318. The Morgan fingerprint density at radius 2 is 1.73 bits per heavy atom. The van der Waals surface area contributed by atoms with E-state index in [-0.39, 0.29) is 10.6 Å². The lowest BCUT2D eigenvalue weighted by atomic mass is 10.2. The predicted molar refractivity (Wildman–Crippen MR) is 94.4 cm³/mol. The molecule has 118 valence electrons. The van der Waals surface area contributed by atoms with Crippen molar-refractivity contribution in [2.45, 2.75) is 18.2 Å². The van der Waals surface area contributed by atoms with Gasteiger partial charge in [0.1, 0.15) is 16.4 Å². The Morgan fingerprint density at radius 1 is 1.05 bits per heavy atom. The molecule has 0 atom stereocenters. The van der Waals surface area contributed by atoms with Gasteiger partial charge in [0.15, 0.2) is 0 Å². The highest BCUT2D eigenvalue weighted by molar-refractivity contribution is 14.1. The van der Waals surface area contributed by atoms with Crippen molar-refractivity contribution in [1.82, 2.24) is 0 Å². The van der Waals surface area contributed by atoms with Gasteiger partial charge in [0.25, 0.3) is 0 Å². The molecule has 0 aliphatic carbocycles. The summed E-state index contributed by atoms with van der Waals surface area (Å²) in [6.45, 7) is 2.46. The molecule has 0 spiro atoms. The van der Waals surface area contributed by atoms with Crippen molar-refractivity contribution < 1.29 is 17.3 Å². The lowest BCUT2D eigenvalue weighted by Gasteiger charge is -2.11. The first-order valence-electron chi connectivity index (χ1n) is 6.81. The van der Waals surface area contributed by atoms with E-state index in [4.69, 9.17) is 8.92 Å². The van der Waals surface area contributed by atoms with Crippen LogP contribution in [0.3, 0.4) is 0 Å². The highest BCUT2D eigenvalue weighted by Crippen LogP contribution is 2.25. The zero-order chi connectivity index (χ0) is 16.0. The van der Waals surface area contributed by atoms with Gasteiger partial charge in [-0.25, -0.2) is 0 Å². The number of rotatable bonds is 7. The average molecular weight is 432 g/mol. The van der Waals surface area contributed by atoms with E-state index in [2.05, 4.69) is 22.6 Å². The molecule has 0 fully saturated rings. The van der Waals surface area contributed by atoms with E-state index in [1.54, 1.807) is 30.3 Å². The van der Waals surface area contributed by atoms with E-state index >= 15 is 0 Å². The van der Waals surface area contributed by atoms with Crippen LogP contribution in [0.25, 0.3) is 0 Å². The Balaban J connectivity index is 2.19. The summed E-state index contributed by atoms with van der Waals surface area (Å²) in [7, 11) is -3.83. The van der Waals surface area contributed by atoms with Crippen LogP contribution in [0.4, 0.5) is 0 Å². The third-order valence-electron chi connectivity index (χ3n) is 2.81. The Hall–Kier alpha value is -1.28. The van der Waals surface area contributed by atoms with E-state index in [9.17, 15) is 8.42 Å². The molecule has 0 unspecified atom stereocenters. The van der Waals surface area contributed by atoms with Crippen LogP contribution in [0, 0.1) is 6.92 Å². The highest BCUT2D eigenvalue weighted by atomic mass is 127. The van der Waals surface area contributed by atoms with E-state index in [1.165, 1.54) is 12.1 Å². The topological polar surface area (TPSA) is 52.6 Å². The van der Waals surface area contributed by atoms with Gasteiger partial charge >= 0.3 is 10.1 Å². The standard InChI is InChI=1S/C16H17IO4S/c1-13-10-14(20-9-5-8-17)12-15(11-13)21-22(18,19)16-6-3-2-4-7-16/h2-4,6-7,10-12H,5,8-9H2,1H3. The first-order chi connectivity index (χ1) is 10.5. The molecule has 0 saturated carbocycles. The molecule has 0 aliphatic rings. The van der Waals surface area contributed by atoms with Crippen molar-refractivity contribution >= 4 is 32.7 Å². The molecule has 0 aliphatic heterocycles. The van der Waals surface area contributed by atoms with Gasteiger partial charge in [-0.1, -0.05) is 40.8 Å². The van der Waals surface area contributed by atoms with Crippen molar-refractivity contribution in [3.63, 3.8) is 0 Å². The normalized spacial score (nSPS) is 11.2. The minimum Gasteiger partial charge on any atom is -0.493 e. The largest absolute Gasteiger partial charge is 0.493 e. The maximum Gasteiger partial charge on any atom is 0.339 e. The van der Waals surface area contributed by atoms with Crippen LogP contribution in [-0.4, -0.2) is 19.5 Å². The molecule has 0 bridgehead atoms. The third-order valence-corrected chi connectivity index (χ3v) is 4.83. The molecule has 6 heteroatoms. The number of alkyl halides is 1. The maximum atomic E-state index is 12.2. The van der Waals surface area contributed by atoms with Crippen molar-refractivity contribution in [3.05, 3.63) is 54.1 Å². The lowest BCUT2D eigenvalue weighted by Crippen LogP contribution is -2.09. The SMILES string of the molecule is Cc1cc(OCCCI)cc(OS(=O)(=O)c2ccccc2)c1. The van der Waals surface area contributed by atoms with Crippen LogP contribution in [0.1, 0.15) is 12.0 Å². The fraction of sp³-hybridized carbons (Fsp3) is 0.250. The zero-order valence-corrected chi connectivity index (χ0v) is 15.1. The summed E-state index contributed by atoms with van der Waals surface area (Å²) in [5, 5.41) is 0. The fourth-order valence-corrected chi connectivity index (χ4v) is 3.10. The second-order valence-corrected chi connectivity index (χ2v) is 7.35. The molecule has 0 heterocycles. The molecular formula is C16H17IO4S. The first-order valence-corrected chi connectivity index (χ1v) is 9.74. The molecule has 0 amide bonds. The summed E-state index contributed by atoms with van der Waals surface area (Å²) in [6, 6.07) is 13.2. The molecule has 0 radical (unpaired) electrons. The zero-order valence-electron chi connectivity index (χ0n) is 12.2. The Kier molecular flexibility index (Phi) is 6.07. The maximum absolute atomic E-state index is 12.2. The van der Waals surface area contributed by atoms with Gasteiger partial charge in [-0.15, -0.1) is 0 Å². The van der Waals surface area contributed by atoms with Crippen molar-refractivity contribution in [1.29, 1.82) is 0 Å². The predicted octanol–water partition coefficient (Wildman–Crippen LogP) is 3.97. The van der Waals surface area contributed by atoms with Crippen LogP contribution in [0.5, 0.6) is 11.5 Å². The van der Waals surface area contributed by atoms with Crippen LogP contribution in [0.2, 0.25) is 0 Å². The Labute approximate surface area is 144 Å². The second-order valence-electron chi connectivity index (χ2n) is 4.72. The van der Waals surface area contributed by atoms with Gasteiger partial charge in [0.2, 0.25) is 0 Å². The highest BCUT2D eigenvalue weighted by Gasteiger charge is 2.16. The van der Waals surface area contributed by atoms with Gasteiger partial charge in [0.05, 0.1) is 6.61 Å². The molecule has 2 aromatic rings. The molecule has 0 N–H and O–H groups in total. The Morgan fingerprint density at radius 3 is 2.41 bits per heavy atom. The third kappa shape index (κ3) is 4.88. The van der Waals surface area contributed by atoms with Crippen LogP contribution < -0.4 is 8.92 Å². The molecule has 0 saturated heterocycles. The fourth-order valence-electron chi connectivity index (χ4n) is 1.85. The monoisotopic (exact) mass is 432 g/mol. The van der Waals surface area contributed by atoms with Crippen LogP contribution in [-0.2, 0) is 10.1 Å². The number of hydrogen-bond donors (Lipinski definition) is 0. The van der Waals surface area contributed by atoms with Gasteiger partial charge in [-0.2, -0.15) is 8.42 Å². The Bertz CT molecular complexity index is 714. The number of halogens is 1. The minimum absolute atomic E-state index is 0.129. The molecule has 0 aromatic heterocycles. The molecule has 4 nitrogen and oxygen atoms in total. The summed E-state index contributed by atoms with van der Waals surface area (Å²) < 4.78 is 36.3. The quantitative estimate of drug-likeness (QED) is 0.288. The summed E-state index contributed by atoms with van der Waals surface area (Å²) >= 11 is 2.28. The number of hydrogen-bond acceptors (Lipinski definition) is 4. The van der Waals surface area contributed by atoms with Gasteiger partial charge in [-0.3, -0.25) is 0 Å². The smallest absolute Gasteiger partial charge is 0.339 e. The van der Waals surface area contributed by atoms with E-state index in [0.29, 0.717) is 12.4 Å². The first kappa shape index (κ1) is 17.1. The number of ether oxygens (including phenoxy) is 1. The van der Waals surface area contributed by atoms with Crippen molar-refractivity contribution in [2.75, 3.05) is 11.0 Å². The second kappa shape index (κ2) is 7.82. The van der Waals surface area contributed by atoms with Gasteiger partial charge in [0, 0.05) is 10.5 Å². The average Bonchev–Trinajstić information content (AvgIpc) is 2.47. The number of benzene rings is 2. The van der Waals surface area contributed by atoms with Gasteiger partial charge in [-0.05, 0) is 43.2 Å². The van der Waals surface area contributed by atoms with E-state index in [0.717, 1.165) is 16.4 Å². The molecule has 2 aromatic carbocycles. The summed E-state index contributed by atoms with van der Waals surface area (Å²) in [5.74, 6) is 0.872. The van der Waals surface area contributed by atoms with Crippen LogP contribution >= 0.6 is 22.6 Å². The van der Waals surface area contributed by atoms with E-state index in [1.807, 2.05) is 13.0 Å². The summed E-state index contributed by atoms with van der Waals surface area (Å²) in [6.07, 6.45) is 0.938. The van der Waals surface area contributed by atoms with Gasteiger partial charge < -0.3 is 8.92 Å². The molecular weight excluding hydrogens is 415 g/mol. The minimum atomic E-state index is -3.83. The van der Waals surface area contributed by atoms with E-state index < -0.39 is 10.1 Å². The summed E-state index contributed by atoms with van der Waals surface area (Å²) in [4.78, 5) is 0.129.